The normalized spacial score (nSPS) is 26.5. The van der Waals surface area contributed by atoms with Crippen LogP contribution in [0.5, 0.6) is 0 Å². The van der Waals surface area contributed by atoms with E-state index in [0.717, 1.165) is 36.2 Å². The Morgan fingerprint density at radius 2 is 2.24 bits per heavy atom. The van der Waals surface area contributed by atoms with E-state index in [0.29, 0.717) is 12.1 Å². The Morgan fingerprint density at radius 3 is 3.06 bits per heavy atom. The lowest BCUT2D eigenvalue weighted by Crippen LogP contribution is -2.40. The van der Waals surface area contributed by atoms with E-state index in [4.69, 9.17) is 5.73 Å². The highest BCUT2D eigenvalue weighted by atomic mass is 15.2. The molecule has 1 fully saturated rings. The molecule has 1 aromatic heterocycles. The molecule has 2 atom stereocenters. The molecule has 0 amide bonds. The number of benzene rings is 1. The fraction of sp³-hybridized carbons (Fsp3) is 0.462. The molecule has 3 rings (SSSR count). The van der Waals surface area contributed by atoms with Gasteiger partial charge in [-0.3, -0.25) is 4.90 Å². The Labute approximate surface area is 101 Å². The van der Waals surface area contributed by atoms with Crippen molar-refractivity contribution in [2.24, 2.45) is 5.73 Å². The van der Waals surface area contributed by atoms with Crippen molar-refractivity contribution in [2.45, 2.75) is 24.9 Å². The van der Waals surface area contributed by atoms with Gasteiger partial charge >= 0.3 is 0 Å². The van der Waals surface area contributed by atoms with Crippen LogP contribution in [-0.2, 0) is 0 Å². The monoisotopic (exact) mass is 230 g/mol. The summed E-state index contributed by atoms with van der Waals surface area (Å²) in [7, 11) is 2.14. The molecule has 2 aromatic rings. The van der Waals surface area contributed by atoms with Crippen molar-refractivity contribution in [3.8, 4) is 0 Å². The maximum Gasteiger partial charge on any atom is 0.124 e. The average molecular weight is 230 g/mol. The number of imidazole rings is 1. The predicted octanol–water partition coefficient (Wildman–Crippen LogP) is 1.66. The van der Waals surface area contributed by atoms with Crippen molar-refractivity contribution >= 4 is 11.0 Å². The molecule has 0 unspecified atom stereocenters. The van der Waals surface area contributed by atoms with Gasteiger partial charge in [0.1, 0.15) is 5.82 Å². The van der Waals surface area contributed by atoms with Gasteiger partial charge < -0.3 is 10.7 Å². The minimum Gasteiger partial charge on any atom is -0.341 e. The number of aromatic nitrogens is 2. The number of nitrogens with two attached hydrogens (primary N) is 1. The standard InChI is InChI=1S/C13H18N4/c1-17-7-6-9(14)8-12(17)13-15-10-4-2-3-5-11(10)16-13/h2-5,9,12H,6-8,14H2,1H3,(H,15,16)/t9-,12-/m1/s1. The molecule has 0 bridgehead atoms. The Hall–Kier alpha value is -1.39. The van der Waals surface area contributed by atoms with Gasteiger partial charge in [-0.2, -0.15) is 0 Å². The largest absolute Gasteiger partial charge is 0.341 e. The van der Waals surface area contributed by atoms with Gasteiger partial charge in [0.05, 0.1) is 17.1 Å². The molecular weight excluding hydrogens is 212 g/mol. The molecule has 90 valence electrons. The number of fused-ring (bicyclic) bond motifs is 1. The van der Waals surface area contributed by atoms with Crippen molar-refractivity contribution in [2.75, 3.05) is 13.6 Å². The van der Waals surface area contributed by atoms with Crippen LogP contribution in [0.3, 0.4) is 0 Å². The second-order valence-electron chi connectivity index (χ2n) is 4.92. The summed E-state index contributed by atoms with van der Waals surface area (Å²) in [4.78, 5) is 10.4. The van der Waals surface area contributed by atoms with E-state index >= 15 is 0 Å². The van der Waals surface area contributed by atoms with Crippen molar-refractivity contribution in [3.05, 3.63) is 30.1 Å². The lowest BCUT2D eigenvalue weighted by molar-refractivity contribution is 0.165. The quantitative estimate of drug-likeness (QED) is 0.783. The van der Waals surface area contributed by atoms with E-state index in [9.17, 15) is 0 Å². The zero-order chi connectivity index (χ0) is 11.8. The van der Waals surface area contributed by atoms with Crippen LogP contribution in [0, 0.1) is 0 Å². The third kappa shape index (κ3) is 1.94. The molecule has 0 aliphatic carbocycles. The molecule has 4 heteroatoms. The van der Waals surface area contributed by atoms with E-state index in [-0.39, 0.29) is 0 Å². The van der Waals surface area contributed by atoms with Gasteiger partial charge in [0.15, 0.2) is 0 Å². The van der Waals surface area contributed by atoms with Crippen molar-refractivity contribution in [1.82, 2.24) is 14.9 Å². The van der Waals surface area contributed by atoms with Crippen molar-refractivity contribution < 1.29 is 0 Å². The molecule has 1 aliphatic heterocycles. The molecule has 1 saturated heterocycles. The van der Waals surface area contributed by atoms with Gasteiger partial charge in [-0.25, -0.2) is 4.98 Å². The van der Waals surface area contributed by atoms with Crippen LogP contribution >= 0.6 is 0 Å². The van der Waals surface area contributed by atoms with Crippen LogP contribution < -0.4 is 5.73 Å². The van der Waals surface area contributed by atoms with Crippen molar-refractivity contribution in [3.63, 3.8) is 0 Å². The number of H-pyrrole nitrogens is 1. The lowest BCUT2D eigenvalue weighted by atomic mass is 9.98. The molecule has 2 heterocycles. The Balaban J connectivity index is 1.96. The highest BCUT2D eigenvalue weighted by Gasteiger charge is 2.27. The van der Waals surface area contributed by atoms with Gasteiger partial charge in [-0.1, -0.05) is 12.1 Å². The highest BCUT2D eigenvalue weighted by molar-refractivity contribution is 5.74. The maximum absolute atomic E-state index is 6.05. The number of likely N-dealkylation sites (tertiary alicyclic amines) is 1. The molecular formula is C13H18N4. The highest BCUT2D eigenvalue weighted by Crippen LogP contribution is 2.28. The number of para-hydroxylation sites is 2. The number of nitrogens with one attached hydrogen (secondary N) is 1. The summed E-state index contributed by atoms with van der Waals surface area (Å²) in [5.74, 6) is 1.05. The van der Waals surface area contributed by atoms with E-state index in [1.54, 1.807) is 0 Å². The van der Waals surface area contributed by atoms with Gasteiger partial charge in [0, 0.05) is 12.6 Å². The minimum atomic E-state index is 0.296. The molecule has 1 aromatic carbocycles. The number of rotatable bonds is 1. The number of hydrogen-bond donors (Lipinski definition) is 2. The summed E-state index contributed by atoms with van der Waals surface area (Å²) in [6, 6.07) is 8.77. The van der Waals surface area contributed by atoms with E-state index in [1.807, 2.05) is 18.2 Å². The van der Waals surface area contributed by atoms with Gasteiger partial charge in [-0.15, -0.1) is 0 Å². The molecule has 0 spiro atoms. The number of piperidine rings is 1. The van der Waals surface area contributed by atoms with Crippen LogP contribution in [-0.4, -0.2) is 34.5 Å². The zero-order valence-corrected chi connectivity index (χ0v) is 10.1. The fourth-order valence-electron chi connectivity index (χ4n) is 2.56. The average Bonchev–Trinajstić information content (AvgIpc) is 2.75. The minimum absolute atomic E-state index is 0.296. The smallest absolute Gasteiger partial charge is 0.124 e. The summed E-state index contributed by atoms with van der Waals surface area (Å²) in [5, 5.41) is 0. The first-order valence-electron chi connectivity index (χ1n) is 6.14. The van der Waals surface area contributed by atoms with Gasteiger partial charge in [0.2, 0.25) is 0 Å². The molecule has 3 N–H and O–H groups in total. The van der Waals surface area contributed by atoms with Gasteiger partial charge in [0.25, 0.3) is 0 Å². The second kappa shape index (κ2) is 4.13. The molecule has 1 aliphatic rings. The summed E-state index contributed by atoms with van der Waals surface area (Å²) in [5.41, 5.74) is 8.19. The summed E-state index contributed by atoms with van der Waals surface area (Å²) in [6.07, 6.45) is 2.06. The topological polar surface area (TPSA) is 57.9 Å². The summed E-state index contributed by atoms with van der Waals surface area (Å²) >= 11 is 0. The molecule has 0 radical (unpaired) electrons. The first kappa shape index (κ1) is 10.7. The Bertz CT molecular complexity index is 486. The third-order valence-corrected chi connectivity index (χ3v) is 3.63. The Morgan fingerprint density at radius 1 is 1.41 bits per heavy atom. The van der Waals surface area contributed by atoms with Crippen molar-refractivity contribution in [1.29, 1.82) is 0 Å². The third-order valence-electron chi connectivity index (χ3n) is 3.63. The molecule has 4 nitrogen and oxygen atoms in total. The number of aromatic amines is 1. The van der Waals surface area contributed by atoms with Crippen LogP contribution in [0.1, 0.15) is 24.7 Å². The van der Waals surface area contributed by atoms with Crippen LogP contribution in [0.4, 0.5) is 0 Å². The predicted molar refractivity (Wildman–Crippen MR) is 68.7 cm³/mol. The fourth-order valence-corrected chi connectivity index (χ4v) is 2.56. The first-order chi connectivity index (χ1) is 8.24. The summed E-state index contributed by atoms with van der Waals surface area (Å²) in [6.45, 7) is 1.04. The number of hydrogen-bond acceptors (Lipinski definition) is 3. The van der Waals surface area contributed by atoms with Crippen LogP contribution in [0.2, 0.25) is 0 Å². The van der Waals surface area contributed by atoms with Crippen LogP contribution in [0.15, 0.2) is 24.3 Å². The maximum atomic E-state index is 6.05. The molecule has 17 heavy (non-hydrogen) atoms. The lowest BCUT2D eigenvalue weighted by Gasteiger charge is -2.34. The van der Waals surface area contributed by atoms with Gasteiger partial charge in [-0.05, 0) is 32.0 Å². The number of nitrogens with zero attached hydrogens (tertiary/aromatic N) is 2. The first-order valence-corrected chi connectivity index (χ1v) is 6.14. The second-order valence-corrected chi connectivity index (χ2v) is 4.92. The van der Waals surface area contributed by atoms with E-state index in [1.165, 1.54) is 0 Å². The van der Waals surface area contributed by atoms with Crippen LogP contribution in [0.25, 0.3) is 11.0 Å². The van der Waals surface area contributed by atoms with E-state index < -0.39 is 0 Å². The SMILES string of the molecule is CN1CC[C@@H](N)C[C@@H]1c1nc2ccccc2[nH]1. The zero-order valence-electron chi connectivity index (χ0n) is 10.1. The Kier molecular flexibility index (Phi) is 2.61. The molecule has 0 saturated carbocycles. The summed E-state index contributed by atoms with van der Waals surface area (Å²) < 4.78 is 0. The van der Waals surface area contributed by atoms with E-state index in [2.05, 4.69) is 28.0 Å².